The maximum atomic E-state index is 15.8. The van der Waals surface area contributed by atoms with Crippen LogP contribution in [0.1, 0.15) is 41.5 Å². The molecule has 0 spiro atoms. The zero-order chi connectivity index (χ0) is 25.9. The SMILES string of the molecule is COc1ccc(-c2ccc3c(c2)OCO3)c(C(=O)N2CCCC2(C)c2nc3c(C)c(Cl)ccc3[nH]2)c1F. The molecule has 3 heterocycles. The summed E-state index contributed by atoms with van der Waals surface area (Å²) in [5.74, 6) is 0.672. The lowest BCUT2D eigenvalue weighted by atomic mass is 9.94. The molecule has 0 bridgehead atoms. The Morgan fingerprint density at radius 3 is 2.81 bits per heavy atom. The molecule has 1 N–H and O–H groups in total. The first-order valence-electron chi connectivity index (χ1n) is 12.1. The van der Waals surface area contributed by atoms with Crippen LogP contribution in [0.2, 0.25) is 5.02 Å². The van der Waals surface area contributed by atoms with E-state index in [1.165, 1.54) is 13.2 Å². The van der Waals surface area contributed by atoms with Crippen molar-refractivity contribution in [1.29, 1.82) is 0 Å². The molecule has 1 unspecified atom stereocenters. The highest BCUT2D eigenvalue weighted by Gasteiger charge is 2.45. The van der Waals surface area contributed by atoms with Gasteiger partial charge in [0.05, 0.1) is 29.2 Å². The molecule has 0 aliphatic carbocycles. The van der Waals surface area contributed by atoms with E-state index in [9.17, 15) is 4.79 Å². The lowest BCUT2D eigenvalue weighted by Crippen LogP contribution is -2.44. The fraction of sp³-hybridized carbons (Fsp3) is 0.286. The number of methoxy groups -OCH3 is 1. The molecule has 2 aliphatic rings. The summed E-state index contributed by atoms with van der Waals surface area (Å²) in [7, 11) is 1.38. The Morgan fingerprint density at radius 2 is 2.00 bits per heavy atom. The summed E-state index contributed by atoms with van der Waals surface area (Å²) in [6.07, 6.45) is 1.43. The summed E-state index contributed by atoms with van der Waals surface area (Å²) < 4.78 is 32.0. The van der Waals surface area contributed by atoms with Crippen LogP contribution in [0.5, 0.6) is 17.2 Å². The van der Waals surface area contributed by atoms with Crippen molar-refractivity contribution in [1.82, 2.24) is 14.9 Å². The number of hydrogen-bond donors (Lipinski definition) is 1. The zero-order valence-electron chi connectivity index (χ0n) is 20.7. The van der Waals surface area contributed by atoms with Crippen LogP contribution in [0.25, 0.3) is 22.2 Å². The summed E-state index contributed by atoms with van der Waals surface area (Å²) in [4.78, 5) is 24.1. The number of aromatic nitrogens is 2. The molecule has 0 radical (unpaired) electrons. The summed E-state index contributed by atoms with van der Waals surface area (Å²) >= 11 is 6.32. The van der Waals surface area contributed by atoms with E-state index in [1.807, 2.05) is 26.0 Å². The third-order valence-electron chi connectivity index (χ3n) is 7.46. The number of likely N-dealkylation sites (tertiary alicyclic amines) is 1. The third-order valence-corrected chi connectivity index (χ3v) is 7.87. The predicted molar refractivity (Wildman–Crippen MR) is 138 cm³/mol. The number of halogens is 2. The molecule has 190 valence electrons. The number of fused-ring (bicyclic) bond motifs is 2. The number of carbonyl (C=O) groups excluding carboxylic acids is 1. The van der Waals surface area contributed by atoms with Gasteiger partial charge in [-0.25, -0.2) is 9.37 Å². The molecular weight excluding hydrogens is 497 g/mol. The topological polar surface area (TPSA) is 76.7 Å². The number of carbonyl (C=O) groups is 1. The van der Waals surface area contributed by atoms with Crippen molar-refractivity contribution in [3.8, 4) is 28.4 Å². The number of hydrogen-bond acceptors (Lipinski definition) is 5. The van der Waals surface area contributed by atoms with E-state index in [4.69, 9.17) is 30.8 Å². The zero-order valence-corrected chi connectivity index (χ0v) is 21.4. The van der Waals surface area contributed by atoms with Crippen molar-refractivity contribution in [3.05, 3.63) is 70.3 Å². The Balaban J connectivity index is 1.47. The second-order valence-corrected chi connectivity index (χ2v) is 9.97. The van der Waals surface area contributed by atoms with Crippen LogP contribution in [-0.4, -0.2) is 41.2 Å². The minimum atomic E-state index is -0.767. The van der Waals surface area contributed by atoms with Crippen LogP contribution in [0, 0.1) is 12.7 Å². The molecule has 1 aromatic heterocycles. The van der Waals surface area contributed by atoms with Crippen molar-refractivity contribution in [2.45, 2.75) is 32.2 Å². The number of nitrogens with one attached hydrogen (secondary N) is 1. The third kappa shape index (κ3) is 3.62. The van der Waals surface area contributed by atoms with Gasteiger partial charge in [0.25, 0.3) is 5.91 Å². The molecule has 7 nitrogen and oxygen atoms in total. The van der Waals surface area contributed by atoms with Gasteiger partial charge in [0.2, 0.25) is 6.79 Å². The first-order chi connectivity index (χ1) is 17.8. The molecule has 2 aliphatic heterocycles. The van der Waals surface area contributed by atoms with E-state index in [0.717, 1.165) is 23.0 Å². The number of nitrogens with zero attached hydrogens (tertiary/aromatic N) is 2. The summed E-state index contributed by atoms with van der Waals surface area (Å²) in [5.41, 5.74) is 2.73. The average molecular weight is 522 g/mol. The monoisotopic (exact) mass is 521 g/mol. The van der Waals surface area contributed by atoms with Crippen LogP contribution in [0.3, 0.4) is 0 Å². The van der Waals surface area contributed by atoms with E-state index in [0.29, 0.717) is 46.4 Å². The van der Waals surface area contributed by atoms with Crippen molar-refractivity contribution in [2.24, 2.45) is 0 Å². The number of aromatic amines is 1. The maximum absolute atomic E-state index is 15.8. The summed E-state index contributed by atoms with van der Waals surface area (Å²) in [6, 6.07) is 12.2. The summed E-state index contributed by atoms with van der Waals surface area (Å²) in [6.45, 7) is 4.46. The smallest absolute Gasteiger partial charge is 0.258 e. The van der Waals surface area contributed by atoms with Gasteiger partial charge in [-0.15, -0.1) is 0 Å². The first-order valence-corrected chi connectivity index (χ1v) is 12.4. The number of rotatable bonds is 4. The second-order valence-electron chi connectivity index (χ2n) is 9.56. The highest BCUT2D eigenvalue weighted by molar-refractivity contribution is 6.32. The molecule has 4 aromatic rings. The van der Waals surface area contributed by atoms with Gasteiger partial charge >= 0.3 is 0 Å². The minimum absolute atomic E-state index is 0.00254. The van der Waals surface area contributed by atoms with E-state index >= 15 is 4.39 Å². The van der Waals surface area contributed by atoms with Gasteiger partial charge in [0.1, 0.15) is 5.82 Å². The Labute approximate surface area is 218 Å². The van der Waals surface area contributed by atoms with Gasteiger partial charge in [0.15, 0.2) is 23.1 Å². The number of aryl methyl sites for hydroxylation is 1. The lowest BCUT2D eigenvalue weighted by molar-refractivity contribution is 0.0601. The highest BCUT2D eigenvalue weighted by atomic mass is 35.5. The second kappa shape index (κ2) is 8.66. The van der Waals surface area contributed by atoms with E-state index in [1.54, 1.807) is 29.2 Å². The molecule has 9 heteroatoms. The lowest BCUT2D eigenvalue weighted by Gasteiger charge is -2.34. The quantitative estimate of drug-likeness (QED) is 0.345. The van der Waals surface area contributed by atoms with E-state index < -0.39 is 17.3 Å². The van der Waals surface area contributed by atoms with Crippen LogP contribution in [0.4, 0.5) is 4.39 Å². The molecular formula is C28H25ClFN3O4. The van der Waals surface area contributed by atoms with Gasteiger partial charge < -0.3 is 24.1 Å². The Morgan fingerprint density at radius 1 is 1.19 bits per heavy atom. The van der Waals surface area contributed by atoms with Crippen LogP contribution in [0.15, 0.2) is 42.5 Å². The van der Waals surface area contributed by atoms with Gasteiger partial charge in [0, 0.05) is 11.6 Å². The maximum Gasteiger partial charge on any atom is 0.258 e. The largest absolute Gasteiger partial charge is 0.494 e. The number of benzene rings is 3. The van der Waals surface area contributed by atoms with Crippen molar-refractivity contribution in [2.75, 3.05) is 20.4 Å². The molecule has 37 heavy (non-hydrogen) atoms. The molecule has 1 atom stereocenters. The average Bonchev–Trinajstić information content (AvgIpc) is 3.64. The van der Waals surface area contributed by atoms with Gasteiger partial charge in [-0.2, -0.15) is 0 Å². The van der Waals surface area contributed by atoms with Gasteiger partial charge in [-0.3, -0.25) is 4.79 Å². The standard InChI is InChI=1S/C28H25ClFN3O4/c1-15-18(29)7-8-19-25(15)32-27(31-19)28(2)11-4-12-33(28)26(34)23-17(6-10-21(35-3)24(23)30)16-5-9-20-22(13-16)37-14-36-20/h5-10,13H,4,11-12,14H2,1-3H3,(H,31,32). The summed E-state index contributed by atoms with van der Waals surface area (Å²) in [5, 5.41) is 0.627. The van der Waals surface area contributed by atoms with Crippen molar-refractivity contribution >= 4 is 28.5 Å². The number of ether oxygens (including phenoxy) is 3. The molecule has 0 saturated carbocycles. The van der Waals surface area contributed by atoms with E-state index in [2.05, 4.69) is 4.98 Å². The van der Waals surface area contributed by atoms with Crippen molar-refractivity contribution < 1.29 is 23.4 Å². The molecule has 3 aromatic carbocycles. The fourth-order valence-electron chi connectivity index (χ4n) is 5.34. The number of imidazole rings is 1. The van der Waals surface area contributed by atoms with Crippen LogP contribution < -0.4 is 14.2 Å². The number of H-pyrrole nitrogens is 1. The van der Waals surface area contributed by atoms with E-state index in [-0.39, 0.29) is 18.1 Å². The van der Waals surface area contributed by atoms with Gasteiger partial charge in [-0.1, -0.05) is 17.7 Å². The van der Waals surface area contributed by atoms with Crippen LogP contribution in [-0.2, 0) is 5.54 Å². The first kappa shape index (κ1) is 23.6. The molecule has 6 rings (SSSR count). The van der Waals surface area contributed by atoms with Crippen LogP contribution >= 0.6 is 11.6 Å². The Kier molecular flexibility index (Phi) is 5.53. The molecule has 1 amide bonds. The molecule has 1 fully saturated rings. The number of amides is 1. The van der Waals surface area contributed by atoms with Crippen molar-refractivity contribution in [3.63, 3.8) is 0 Å². The molecule has 1 saturated heterocycles. The highest BCUT2D eigenvalue weighted by Crippen LogP contribution is 2.43. The predicted octanol–water partition coefficient (Wildman–Crippen LogP) is 6.22. The van der Waals surface area contributed by atoms with Gasteiger partial charge in [-0.05, 0) is 79.8 Å². The Hall–Kier alpha value is -3.78. The normalized spacial score (nSPS) is 18.6. The minimum Gasteiger partial charge on any atom is -0.494 e. The Bertz CT molecular complexity index is 1570. The fourth-order valence-corrected chi connectivity index (χ4v) is 5.49.